The van der Waals surface area contributed by atoms with Crippen molar-refractivity contribution in [3.8, 4) is 5.75 Å². The van der Waals surface area contributed by atoms with Crippen molar-refractivity contribution in [2.45, 2.75) is 6.61 Å². The van der Waals surface area contributed by atoms with Crippen molar-refractivity contribution in [3.05, 3.63) is 64.8 Å². The topological polar surface area (TPSA) is 25.0 Å². The zero-order valence-corrected chi connectivity index (χ0v) is 11.3. The molecule has 3 heteroatoms. The molecule has 3 aromatic rings. The molecule has 0 unspecified atom stereocenters. The lowest BCUT2D eigenvalue weighted by molar-refractivity contribution is 0.304. The van der Waals surface area contributed by atoms with Crippen LogP contribution >= 0.6 is 15.9 Å². The Morgan fingerprint density at radius 3 is 2.72 bits per heavy atom. The van der Waals surface area contributed by atoms with Crippen molar-refractivity contribution in [3.63, 3.8) is 0 Å². The van der Waals surface area contributed by atoms with Crippen molar-refractivity contribution in [2.24, 2.45) is 0 Å². The highest BCUT2D eigenvalue weighted by Crippen LogP contribution is 2.30. The van der Waals surface area contributed by atoms with Crippen LogP contribution in [0.15, 0.2) is 59.2 Å². The van der Waals surface area contributed by atoms with Gasteiger partial charge in [-0.1, -0.05) is 30.3 Å². The third-order valence-electron chi connectivity index (χ3n) is 2.84. The van der Waals surface area contributed by atoms with Gasteiger partial charge in [-0.3, -0.25) is 0 Å². The molecule has 0 fully saturated rings. The molecular weight excluding hydrogens is 290 g/mol. The Hall–Kier alpha value is -1.74. The van der Waals surface area contributed by atoms with E-state index in [1.54, 1.807) is 0 Å². The summed E-state index contributed by atoms with van der Waals surface area (Å²) in [6.45, 7) is 0.575. The van der Waals surface area contributed by atoms with E-state index in [1.807, 2.05) is 36.5 Å². The average molecular weight is 302 g/mol. The summed E-state index contributed by atoms with van der Waals surface area (Å²) in [6, 6.07) is 16.3. The highest BCUT2D eigenvalue weighted by atomic mass is 79.9. The van der Waals surface area contributed by atoms with Crippen molar-refractivity contribution < 1.29 is 4.74 Å². The Labute approximate surface area is 114 Å². The monoisotopic (exact) mass is 301 g/mol. The van der Waals surface area contributed by atoms with Gasteiger partial charge in [0.25, 0.3) is 0 Å². The quantitative estimate of drug-likeness (QED) is 0.756. The van der Waals surface area contributed by atoms with Gasteiger partial charge in [-0.05, 0) is 33.6 Å². The minimum absolute atomic E-state index is 0.575. The maximum absolute atomic E-state index is 5.83. The van der Waals surface area contributed by atoms with Crippen molar-refractivity contribution in [2.75, 3.05) is 0 Å². The highest BCUT2D eigenvalue weighted by molar-refractivity contribution is 9.10. The molecule has 0 spiro atoms. The summed E-state index contributed by atoms with van der Waals surface area (Å²) in [7, 11) is 0. The number of fused-ring (bicyclic) bond motifs is 1. The molecule has 90 valence electrons. The number of aromatic amines is 1. The first kappa shape index (κ1) is 11.4. The van der Waals surface area contributed by atoms with Crippen LogP contribution in [0.5, 0.6) is 5.75 Å². The van der Waals surface area contributed by atoms with E-state index in [9.17, 15) is 0 Å². The Kier molecular flexibility index (Phi) is 3.07. The van der Waals surface area contributed by atoms with Crippen LogP contribution < -0.4 is 4.74 Å². The van der Waals surface area contributed by atoms with E-state index in [4.69, 9.17) is 4.74 Å². The molecule has 0 atom stereocenters. The summed E-state index contributed by atoms with van der Waals surface area (Å²) in [5.41, 5.74) is 2.25. The van der Waals surface area contributed by atoms with Crippen LogP contribution in [0.4, 0.5) is 0 Å². The Balaban J connectivity index is 1.84. The maximum Gasteiger partial charge on any atom is 0.136 e. The molecule has 1 aromatic heterocycles. The second-order valence-corrected chi connectivity index (χ2v) is 4.98. The van der Waals surface area contributed by atoms with E-state index < -0.39 is 0 Å². The van der Waals surface area contributed by atoms with Gasteiger partial charge in [-0.15, -0.1) is 0 Å². The van der Waals surface area contributed by atoms with E-state index in [2.05, 4.69) is 39.1 Å². The van der Waals surface area contributed by atoms with Gasteiger partial charge in [0.15, 0.2) is 0 Å². The standard InChI is InChI=1S/C15H12BrNO/c16-13-8-12-6-7-17-14(12)9-15(13)18-10-11-4-2-1-3-5-11/h1-9,17H,10H2. The summed E-state index contributed by atoms with van der Waals surface area (Å²) in [5.74, 6) is 0.855. The molecule has 0 saturated heterocycles. The lowest BCUT2D eigenvalue weighted by atomic mass is 10.2. The van der Waals surface area contributed by atoms with Crippen LogP contribution in [-0.2, 0) is 6.61 Å². The van der Waals surface area contributed by atoms with Crippen LogP contribution in [0, 0.1) is 0 Å². The Morgan fingerprint density at radius 1 is 1.06 bits per heavy atom. The smallest absolute Gasteiger partial charge is 0.136 e. The molecular formula is C15H12BrNO. The number of ether oxygens (including phenoxy) is 1. The van der Waals surface area contributed by atoms with Crippen molar-refractivity contribution in [1.29, 1.82) is 0 Å². The molecule has 1 heterocycles. The average Bonchev–Trinajstić information content (AvgIpc) is 2.84. The fraction of sp³-hybridized carbons (Fsp3) is 0.0667. The van der Waals surface area contributed by atoms with Gasteiger partial charge >= 0.3 is 0 Å². The molecule has 0 radical (unpaired) electrons. The number of benzene rings is 2. The number of aromatic nitrogens is 1. The zero-order chi connectivity index (χ0) is 12.4. The molecule has 18 heavy (non-hydrogen) atoms. The van der Waals surface area contributed by atoms with Gasteiger partial charge < -0.3 is 9.72 Å². The van der Waals surface area contributed by atoms with Gasteiger partial charge in [0.05, 0.1) is 4.47 Å². The molecule has 0 aliphatic heterocycles. The van der Waals surface area contributed by atoms with Gasteiger partial charge in [0, 0.05) is 23.2 Å². The van der Waals surface area contributed by atoms with Crippen LogP contribution in [0.2, 0.25) is 0 Å². The third kappa shape index (κ3) is 2.27. The normalized spacial score (nSPS) is 10.7. The summed E-state index contributed by atoms with van der Waals surface area (Å²) in [6.07, 6.45) is 1.93. The minimum Gasteiger partial charge on any atom is -0.488 e. The lowest BCUT2D eigenvalue weighted by Crippen LogP contribution is -1.95. The van der Waals surface area contributed by atoms with Gasteiger partial charge in [-0.2, -0.15) is 0 Å². The molecule has 0 aliphatic rings. The SMILES string of the molecule is Brc1cc2cc[nH]c2cc1OCc1ccccc1. The first-order valence-electron chi connectivity index (χ1n) is 5.76. The molecule has 0 bridgehead atoms. The van der Waals surface area contributed by atoms with Crippen molar-refractivity contribution >= 4 is 26.8 Å². The highest BCUT2D eigenvalue weighted by Gasteiger charge is 2.05. The summed E-state index contributed by atoms with van der Waals surface area (Å²) in [5, 5.41) is 1.17. The fourth-order valence-corrected chi connectivity index (χ4v) is 2.37. The molecule has 2 nitrogen and oxygen atoms in total. The molecule has 0 amide bonds. The predicted octanol–water partition coefficient (Wildman–Crippen LogP) is 4.51. The Morgan fingerprint density at radius 2 is 1.89 bits per heavy atom. The number of rotatable bonds is 3. The van der Waals surface area contributed by atoms with Crippen molar-refractivity contribution in [1.82, 2.24) is 4.98 Å². The van der Waals surface area contributed by atoms with E-state index >= 15 is 0 Å². The predicted molar refractivity (Wildman–Crippen MR) is 76.8 cm³/mol. The first-order chi connectivity index (χ1) is 8.83. The first-order valence-corrected chi connectivity index (χ1v) is 6.55. The Bertz CT molecular complexity index is 661. The summed E-state index contributed by atoms with van der Waals surface area (Å²) in [4.78, 5) is 3.18. The number of hydrogen-bond donors (Lipinski definition) is 1. The number of H-pyrrole nitrogens is 1. The summed E-state index contributed by atoms with van der Waals surface area (Å²) >= 11 is 3.54. The van der Waals surface area contributed by atoms with Gasteiger partial charge in [0.2, 0.25) is 0 Å². The molecule has 1 N–H and O–H groups in total. The summed E-state index contributed by atoms with van der Waals surface area (Å²) < 4.78 is 6.81. The van der Waals surface area contributed by atoms with Gasteiger partial charge in [0.1, 0.15) is 12.4 Å². The number of halogens is 1. The van der Waals surface area contributed by atoms with Gasteiger partial charge in [-0.25, -0.2) is 0 Å². The maximum atomic E-state index is 5.83. The lowest BCUT2D eigenvalue weighted by Gasteiger charge is -2.08. The van der Waals surface area contributed by atoms with Crippen LogP contribution in [0.3, 0.4) is 0 Å². The van der Waals surface area contributed by atoms with E-state index in [1.165, 1.54) is 5.39 Å². The van der Waals surface area contributed by atoms with E-state index in [0.29, 0.717) is 6.61 Å². The molecule has 2 aromatic carbocycles. The third-order valence-corrected chi connectivity index (χ3v) is 3.46. The van der Waals surface area contributed by atoms with Crippen LogP contribution in [0.1, 0.15) is 5.56 Å². The fourth-order valence-electron chi connectivity index (χ4n) is 1.90. The number of nitrogens with one attached hydrogen (secondary N) is 1. The minimum atomic E-state index is 0.575. The van der Waals surface area contributed by atoms with E-state index in [-0.39, 0.29) is 0 Å². The van der Waals surface area contributed by atoms with Crippen LogP contribution in [0.25, 0.3) is 10.9 Å². The van der Waals surface area contributed by atoms with E-state index in [0.717, 1.165) is 21.3 Å². The molecule has 3 rings (SSSR count). The second kappa shape index (κ2) is 4.86. The molecule has 0 aliphatic carbocycles. The second-order valence-electron chi connectivity index (χ2n) is 4.12. The largest absolute Gasteiger partial charge is 0.488 e. The van der Waals surface area contributed by atoms with Crippen LogP contribution in [-0.4, -0.2) is 4.98 Å². The molecule has 0 saturated carbocycles. The zero-order valence-electron chi connectivity index (χ0n) is 9.69. The number of hydrogen-bond acceptors (Lipinski definition) is 1.